The molecule has 27 heavy (non-hydrogen) atoms. The van der Waals surface area contributed by atoms with Gasteiger partial charge in [0.1, 0.15) is 0 Å². The van der Waals surface area contributed by atoms with Crippen LogP contribution in [0.15, 0.2) is 53.4 Å². The Morgan fingerprint density at radius 2 is 1.81 bits per heavy atom. The Hall–Kier alpha value is -1.49. The molecule has 0 bridgehead atoms. The van der Waals surface area contributed by atoms with Crippen molar-refractivity contribution in [2.24, 2.45) is 0 Å². The molecular weight excluding hydrogens is 352 g/mol. The smallest absolute Gasteiger partial charge is 0.0952 e. The van der Waals surface area contributed by atoms with Gasteiger partial charge in [0.15, 0.2) is 0 Å². The molecule has 4 heteroatoms. The summed E-state index contributed by atoms with van der Waals surface area (Å²) in [6.07, 6.45) is 4.20. The van der Waals surface area contributed by atoms with E-state index in [9.17, 15) is 0 Å². The highest BCUT2D eigenvalue weighted by atomic mass is 32.2. The van der Waals surface area contributed by atoms with E-state index in [1.807, 2.05) is 0 Å². The quantitative estimate of drug-likeness (QED) is 0.655. The van der Waals surface area contributed by atoms with E-state index < -0.39 is 0 Å². The van der Waals surface area contributed by atoms with Crippen LogP contribution in [-0.2, 0) is 4.74 Å². The van der Waals surface area contributed by atoms with Crippen LogP contribution in [0.4, 0.5) is 5.69 Å². The first-order valence-corrected chi connectivity index (χ1v) is 11.0. The minimum Gasteiger partial charge on any atom is -0.371 e. The molecule has 1 N–H and O–H groups in total. The van der Waals surface area contributed by atoms with Gasteiger partial charge in [-0.1, -0.05) is 44.5 Å². The second-order valence-corrected chi connectivity index (χ2v) is 8.90. The monoisotopic (exact) mass is 382 g/mol. The molecule has 2 heterocycles. The minimum atomic E-state index is 0.213. The molecular formula is C23H30N2OS. The van der Waals surface area contributed by atoms with Crippen LogP contribution in [-0.4, -0.2) is 30.6 Å². The molecule has 0 amide bonds. The van der Waals surface area contributed by atoms with E-state index in [4.69, 9.17) is 4.74 Å². The number of benzene rings is 2. The molecule has 144 valence electrons. The molecule has 0 aromatic heterocycles. The van der Waals surface area contributed by atoms with Gasteiger partial charge in [0.2, 0.25) is 0 Å². The lowest BCUT2D eigenvalue weighted by Gasteiger charge is -2.42. The van der Waals surface area contributed by atoms with Crippen molar-refractivity contribution < 1.29 is 4.74 Å². The Morgan fingerprint density at radius 3 is 2.56 bits per heavy atom. The van der Waals surface area contributed by atoms with Crippen LogP contribution in [0.3, 0.4) is 0 Å². The maximum Gasteiger partial charge on any atom is 0.0952 e. The third-order valence-corrected chi connectivity index (χ3v) is 6.60. The summed E-state index contributed by atoms with van der Waals surface area (Å²) in [5.74, 6) is 0.576. The molecule has 2 aromatic rings. The zero-order chi connectivity index (χ0) is 18.6. The largest absolute Gasteiger partial charge is 0.371 e. The minimum absolute atomic E-state index is 0.213. The number of morpholine rings is 1. The Balaban J connectivity index is 1.32. The summed E-state index contributed by atoms with van der Waals surface area (Å²) in [4.78, 5) is 3.86. The van der Waals surface area contributed by atoms with Crippen molar-refractivity contribution in [1.82, 2.24) is 4.90 Å². The number of piperidine rings is 1. The maximum atomic E-state index is 6.17. The van der Waals surface area contributed by atoms with Gasteiger partial charge in [-0.25, -0.2) is 0 Å². The van der Waals surface area contributed by atoms with Gasteiger partial charge in [0, 0.05) is 23.2 Å². The predicted molar refractivity (Wildman–Crippen MR) is 114 cm³/mol. The molecule has 2 aromatic carbocycles. The van der Waals surface area contributed by atoms with Gasteiger partial charge in [-0.2, -0.15) is 0 Å². The first-order valence-electron chi connectivity index (χ1n) is 10.2. The molecule has 2 aliphatic heterocycles. The molecule has 0 spiro atoms. The van der Waals surface area contributed by atoms with Gasteiger partial charge in [-0.15, -0.1) is 0 Å². The number of fused-ring (bicyclic) bond motifs is 1. The van der Waals surface area contributed by atoms with Gasteiger partial charge in [0.25, 0.3) is 0 Å². The van der Waals surface area contributed by atoms with Crippen molar-refractivity contribution >= 4 is 17.6 Å². The molecule has 2 atom stereocenters. The zero-order valence-corrected chi connectivity index (χ0v) is 17.2. The first-order chi connectivity index (χ1) is 13.2. The fourth-order valence-electron chi connectivity index (χ4n) is 3.99. The van der Waals surface area contributed by atoms with Crippen molar-refractivity contribution in [1.29, 1.82) is 0 Å². The highest BCUT2D eigenvalue weighted by Crippen LogP contribution is 2.30. The van der Waals surface area contributed by atoms with Crippen LogP contribution >= 0.6 is 11.9 Å². The fourth-order valence-corrected chi connectivity index (χ4v) is 4.63. The van der Waals surface area contributed by atoms with Crippen molar-refractivity contribution in [3.05, 3.63) is 59.7 Å². The van der Waals surface area contributed by atoms with Crippen molar-refractivity contribution in [3.8, 4) is 0 Å². The normalized spacial score (nSPS) is 23.2. The van der Waals surface area contributed by atoms with E-state index in [0.29, 0.717) is 12.0 Å². The number of nitrogens with zero attached hydrogens (tertiary/aromatic N) is 1. The summed E-state index contributed by atoms with van der Waals surface area (Å²) in [6.45, 7) is 7.60. The summed E-state index contributed by atoms with van der Waals surface area (Å²) < 4.78 is 9.62. The molecule has 0 radical (unpaired) electrons. The van der Waals surface area contributed by atoms with Crippen LogP contribution < -0.4 is 4.72 Å². The molecule has 2 saturated heterocycles. The molecule has 3 nitrogen and oxygen atoms in total. The van der Waals surface area contributed by atoms with E-state index in [-0.39, 0.29) is 6.10 Å². The lowest BCUT2D eigenvalue weighted by atomic mass is 9.98. The van der Waals surface area contributed by atoms with Gasteiger partial charge in [0.05, 0.1) is 12.7 Å². The standard InChI is InChI=1S/C23H30N2OS/c1-17(2)18-8-12-22(13-9-18)27-24-20-10-6-19(7-11-20)23-15-25-14-4-3-5-21(25)16-26-23/h6-13,17,21,23-24H,3-5,14-16H2,1-2H3. The summed E-state index contributed by atoms with van der Waals surface area (Å²) >= 11 is 1.66. The summed E-state index contributed by atoms with van der Waals surface area (Å²) in [7, 11) is 0. The van der Waals surface area contributed by atoms with Crippen LogP contribution in [0.1, 0.15) is 56.3 Å². The van der Waals surface area contributed by atoms with Gasteiger partial charge in [-0.3, -0.25) is 4.90 Å². The number of hydrogen-bond donors (Lipinski definition) is 1. The Bertz CT molecular complexity index is 729. The van der Waals surface area contributed by atoms with Gasteiger partial charge < -0.3 is 9.46 Å². The number of rotatable bonds is 5. The topological polar surface area (TPSA) is 24.5 Å². The first kappa shape index (κ1) is 18.9. The third kappa shape index (κ3) is 4.68. The van der Waals surface area contributed by atoms with Crippen molar-refractivity contribution in [3.63, 3.8) is 0 Å². The molecule has 0 aliphatic carbocycles. The third-order valence-electron chi connectivity index (χ3n) is 5.76. The van der Waals surface area contributed by atoms with E-state index >= 15 is 0 Å². The van der Waals surface area contributed by atoms with E-state index in [0.717, 1.165) is 18.8 Å². The lowest BCUT2D eigenvalue weighted by molar-refractivity contribution is -0.0766. The van der Waals surface area contributed by atoms with E-state index in [1.165, 1.54) is 41.8 Å². The Kier molecular flexibility index (Phi) is 6.06. The van der Waals surface area contributed by atoms with Crippen LogP contribution in [0.2, 0.25) is 0 Å². The lowest BCUT2D eigenvalue weighted by Crippen LogP contribution is -2.48. The van der Waals surface area contributed by atoms with E-state index in [2.05, 4.69) is 72.0 Å². The average Bonchev–Trinajstić information content (AvgIpc) is 2.72. The zero-order valence-electron chi connectivity index (χ0n) is 16.4. The van der Waals surface area contributed by atoms with Gasteiger partial charge in [-0.05, 0) is 72.6 Å². The number of nitrogens with one attached hydrogen (secondary N) is 1. The maximum absolute atomic E-state index is 6.17. The highest BCUT2D eigenvalue weighted by molar-refractivity contribution is 8.00. The summed E-state index contributed by atoms with van der Waals surface area (Å²) in [5.41, 5.74) is 3.80. The number of hydrogen-bond acceptors (Lipinski definition) is 4. The van der Waals surface area contributed by atoms with Crippen LogP contribution in [0.25, 0.3) is 0 Å². The SMILES string of the molecule is CC(C)c1ccc(SNc2ccc(C3CN4CCCCC4CO3)cc2)cc1. The van der Waals surface area contributed by atoms with Crippen LogP contribution in [0, 0.1) is 0 Å². The number of anilines is 1. The average molecular weight is 383 g/mol. The van der Waals surface area contributed by atoms with E-state index in [1.54, 1.807) is 11.9 Å². The Labute approximate surface area is 167 Å². The number of ether oxygens (including phenoxy) is 1. The second kappa shape index (κ2) is 8.68. The summed E-state index contributed by atoms with van der Waals surface area (Å²) in [6, 6.07) is 18.2. The van der Waals surface area contributed by atoms with Crippen molar-refractivity contribution in [2.75, 3.05) is 24.4 Å². The second-order valence-electron chi connectivity index (χ2n) is 8.02. The molecule has 2 unspecified atom stereocenters. The van der Waals surface area contributed by atoms with Gasteiger partial charge >= 0.3 is 0 Å². The van der Waals surface area contributed by atoms with Crippen molar-refractivity contribution in [2.45, 2.75) is 56.1 Å². The predicted octanol–water partition coefficient (Wildman–Crippen LogP) is 5.86. The molecule has 0 saturated carbocycles. The Morgan fingerprint density at radius 1 is 1.04 bits per heavy atom. The molecule has 4 rings (SSSR count). The molecule has 2 fully saturated rings. The van der Waals surface area contributed by atoms with Crippen LogP contribution in [0.5, 0.6) is 0 Å². The highest BCUT2D eigenvalue weighted by Gasteiger charge is 2.31. The summed E-state index contributed by atoms with van der Waals surface area (Å²) in [5, 5.41) is 0. The molecule has 2 aliphatic rings. The fraction of sp³-hybridized carbons (Fsp3) is 0.478.